The van der Waals surface area contributed by atoms with Crippen molar-refractivity contribution in [3.8, 4) is 0 Å². The Morgan fingerprint density at radius 2 is 2.05 bits per heavy atom. The number of fused-ring (bicyclic) bond motifs is 5. The Hall–Kier alpha value is -2.31. The van der Waals surface area contributed by atoms with Gasteiger partial charge in [0.15, 0.2) is 0 Å². The summed E-state index contributed by atoms with van der Waals surface area (Å²) in [6, 6.07) is 8.89. The zero-order valence-corrected chi connectivity index (χ0v) is 12.7. The maximum absolute atomic E-state index is 11.3. The monoisotopic (exact) mass is 332 g/mol. The summed E-state index contributed by atoms with van der Waals surface area (Å²) in [7, 11) is 0. The largest absolute Gasteiger partial charge is 0.471 e. The number of para-hydroxylation sites is 1. The molecule has 4 rings (SSSR count). The second-order valence-electron chi connectivity index (χ2n) is 4.95. The Balaban J connectivity index is 0.00000144. The fraction of sp³-hybridized carbons (Fsp3) is 0.133. The summed E-state index contributed by atoms with van der Waals surface area (Å²) in [4.78, 5) is 23.1. The number of nitro benzene ring substituents is 1. The molecule has 0 saturated heterocycles. The number of benzene rings is 2. The zero-order valence-electron chi connectivity index (χ0n) is 11.3. The topological polar surface area (TPSA) is 76.6 Å². The van der Waals surface area contributed by atoms with Crippen molar-refractivity contribution in [2.75, 3.05) is 11.4 Å². The molecule has 6 nitrogen and oxygen atoms in total. The summed E-state index contributed by atoms with van der Waals surface area (Å²) < 4.78 is 5.84. The van der Waals surface area contributed by atoms with Crippen molar-refractivity contribution in [3.05, 3.63) is 46.0 Å². The van der Waals surface area contributed by atoms with Gasteiger partial charge in [-0.1, -0.05) is 23.8 Å². The van der Waals surface area contributed by atoms with E-state index in [1.807, 2.05) is 24.3 Å². The molecule has 1 aliphatic rings. The molecule has 2 aromatic carbocycles. The number of nitrogens with zero attached hydrogens (tertiary/aromatic N) is 2. The molecule has 109 valence electrons. The first kappa shape index (κ1) is 14.6. The van der Waals surface area contributed by atoms with Crippen molar-refractivity contribution in [1.82, 2.24) is 0 Å². The van der Waals surface area contributed by atoms with Gasteiger partial charge in [-0.05, 0) is 24.7 Å². The van der Waals surface area contributed by atoms with E-state index in [0.717, 1.165) is 5.39 Å². The van der Waals surface area contributed by atoms with Crippen LogP contribution in [-0.2, 0) is 29.8 Å². The van der Waals surface area contributed by atoms with Crippen molar-refractivity contribution in [2.24, 2.45) is 0 Å². The van der Waals surface area contributed by atoms with Gasteiger partial charge < -0.3 is 14.1 Å². The van der Waals surface area contributed by atoms with Gasteiger partial charge in [-0.3, -0.25) is 10.1 Å². The maximum atomic E-state index is 11.3. The molecule has 7 heteroatoms. The minimum Gasteiger partial charge on any atom is -0.471 e. The first-order valence-corrected chi connectivity index (χ1v) is 6.47. The van der Waals surface area contributed by atoms with E-state index in [1.165, 1.54) is 11.0 Å². The van der Waals surface area contributed by atoms with E-state index in [2.05, 4.69) is 0 Å². The van der Waals surface area contributed by atoms with Crippen LogP contribution in [0.25, 0.3) is 21.9 Å². The van der Waals surface area contributed by atoms with E-state index >= 15 is 0 Å². The molecule has 0 saturated carbocycles. The molecule has 1 amide bonds. The Morgan fingerprint density at radius 3 is 2.77 bits per heavy atom. The molecule has 3 aromatic rings. The van der Waals surface area contributed by atoms with Gasteiger partial charge in [-0.15, -0.1) is 0 Å². The number of furan rings is 1. The van der Waals surface area contributed by atoms with Gasteiger partial charge in [-0.25, -0.2) is 0 Å². The van der Waals surface area contributed by atoms with Crippen molar-refractivity contribution in [3.63, 3.8) is 0 Å². The fourth-order valence-corrected chi connectivity index (χ4v) is 3.00. The predicted molar refractivity (Wildman–Crippen MR) is 77.1 cm³/mol. The molecule has 0 unspecified atom stereocenters. The summed E-state index contributed by atoms with van der Waals surface area (Å²) in [6.45, 7) is 0.385. The number of hydrogen-bond donors (Lipinski definition) is 0. The van der Waals surface area contributed by atoms with E-state index in [1.54, 1.807) is 6.41 Å². The van der Waals surface area contributed by atoms with E-state index in [9.17, 15) is 14.9 Å². The first-order chi connectivity index (χ1) is 10.2. The van der Waals surface area contributed by atoms with Crippen molar-refractivity contribution < 1.29 is 32.7 Å². The Bertz CT molecular complexity index is 919. The summed E-state index contributed by atoms with van der Waals surface area (Å²) in [6.07, 6.45) is 2.28. The molecule has 1 aromatic heterocycles. The van der Waals surface area contributed by atoms with Crippen LogP contribution in [-0.4, -0.2) is 17.9 Å². The fourth-order valence-electron chi connectivity index (χ4n) is 3.00. The van der Waals surface area contributed by atoms with Crippen LogP contribution < -0.4 is 4.90 Å². The molecule has 0 bridgehead atoms. The second-order valence-corrected chi connectivity index (χ2v) is 4.95. The second kappa shape index (κ2) is 5.16. The van der Waals surface area contributed by atoms with Crippen LogP contribution in [0, 0.1) is 10.1 Å². The summed E-state index contributed by atoms with van der Waals surface area (Å²) in [5.74, 6) is 0. The van der Waals surface area contributed by atoms with Crippen LogP contribution in [0.5, 0.6) is 0 Å². The van der Waals surface area contributed by atoms with Crippen molar-refractivity contribution >= 4 is 39.7 Å². The van der Waals surface area contributed by atoms with Gasteiger partial charge in [0.1, 0.15) is 11.2 Å². The molecular formula is C15H9N2O4V-. The maximum Gasteiger partial charge on any atom is 0.216 e. The van der Waals surface area contributed by atoms with Gasteiger partial charge in [0.2, 0.25) is 5.69 Å². The number of anilines is 1. The minimum absolute atomic E-state index is 0. The third-order valence-electron chi connectivity index (χ3n) is 3.88. The van der Waals surface area contributed by atoms with Gasteiger partial charge in [0.05, 0.1) is 6.41 Å². The third-order valence-corrected chi connectivity index (χ3v) is 3.88. The molecule has 0 spiro atoms. The smallest absolute Gasteiger partial charge is 0.216 e. The minimum atomic E-state index is -0.463. The standard InChI is InChI=1S/C15H9N2O4.V/c18-8-16-6-5-10-14(16)12(17(19)20)7-11-9-3-1-2-4-13(9)21-15(10)11;/h1-4,7H,5-6H2;/q-1;. The van der Waals surface area contributed by atoms with Crippen molar-refractivity contribution in [1.29, 1.82) is 0 Å². The van der Waals surface area contributed by atoms with E-state index in [-0.39, 0.29) is 24.2 Å². The van der Waals surface area contributed by atoms with Crippen LogP contribution in [0.3, 0.4) is 0 Å². The molecule has 0 N–H and O–H groups in total. The molecule has 22 heavy (non-hydrogen) atoms. The summed E-state index contributed by atoms with van der Waals surface area (Å²) in [5, 5.41) is 12.9. The van der Waals surface area contributed by atoms with E-state index in [0.29, 0.717) is 40.8 Å². The number of nitro groups is 1. The quantitative estimate of drug-likeness (QED) is 0.411. The Labute approximate surface area is 136 Å². The molecular weight excluding hydrogens is 323 g/mol. The molecule has 1 aliphatic heterocycles. The van der Waals surface area contributed by atoms with Gasteiger partial charge >= 0.3 is 0 Å². The normalized spacial score (nSPS) is 13.2. The molecule has 2 heterocycles. The number of rotatable bonds is 2. The van der Waals surface area contributed by atoms with E-state index < -0.39 is 4.92 Å². The number of hydrogen-bond acceptors (Lipinski definition) is 4. The van der Waals surface area contributed by atoms with Gasteiger partial charge in [0, 0.05) is 40.3 Å². The van der Waals surface area contributed by atoms with Crippen LogP contribution in [0.2, 0.25) is 0 Å². The predicted octanol–water partition coefficient (Wildman–Crippen LogP) is 2.92. The van der Waals surface area contributed by atoms with E-state index in [4.69, 9.17) is 4.42 Å². The van der Waals surface area contributed by atoms with Gasteiger partial charge in [-0.2, -0.15) is 0 Å². The third kappa shape index (κ3) is 1.85. The molecule has 0 fully saturated rings. The molecule has 0 atom stereocenters. The zero-order chi connectivity index (χ0) is 14.6. The average Bonchev–Trinajstić information content (AvgIpc) is 3.07. The number of carbonyl (C=O) groups excluding carboxylic acids is 1. The van der Waals surface area contributed by atoms with Crippen LogP contribution in [0.15, 0.2) is 34.7 Å². The Morgan fingerprint density at radius 1 is 1.27 bits per heavy atom. The van der Waals surface area contributed by atoms with Crippen LogP contribution in [0.1, 0.15) is 5.56 Å². The summed E-state index contributed by atoms with van der Waals surface area (Å²) in [5.41, 5.74) is 2.24. The SMILES string of the molecule is O=[C-]N1CCc2c1c([N+](=O)[O-])cc1c2oc2ccccc21.[V]. The van der Waals surface area contributed by atoms with Crippen LogP contribution >= 0.6 is 0 Å². The average molecular weight is 332 g/mol. The molecule has 1 radical (unpaired) electrons. The van der Waals surface area contributed by atoms with Gasteiger partial charge in [0.25, 0.3) is 0 Å². The first-order valence-electron chi connectivity index (χ1n) is 6.47. The summed E-state index contributed by atoms with van der Waals surface area (Å²) >= 11 is 0. The molecule has 0 aliphatic carbocycles. The Kier molecular flexibility index (Phi) is 3.43. The van der Waals surface area contributed by atoms with Crippen molar-refractivity contribution in [2.45, 2.75) is 6.42 Å². The number of amides is 1. The van der Waals surface area contributed by atoms with Crippen LogP contribution in [0.4, 0.5) is 11.4 Å².